The van der Waals surface area contributed by atoms with Crippen molar-refractivity contribution in [1.82, 2.24) is 0 Å². The normalized spacial score (nSPS) is 9.06. The van der Waals surface area contributed by atoms with Gasteiger partial charge in [-0.1, -0.05) is 5.11 Å². The van der Waals surface area contributed by atoms with E-state index < -0.39 is 5.97 Å². The Kier molecular flexibility index (Phi) is 4.65. The molecule has 0 saturated heterocycles. The molecule has 0 fully saturated rings. The Balaban J connectivity index is 2.84. The van der Waals surface area contributed by atoms with E-state index in [-0.39, 0.29) is 12.3 Å². The highest BCUT2D eigenvalue weighted by Gasteiger charge is 2.05. The van der Waals surface area contributed by atoms with Gasteiger partial charge in [-0.05, 0) is 23.7 Å². The van der Waals surface area contributed by atoms with Crippen molar-refractivity contribution in [2.45, 2.75) is 0 Å². The van der Waals surface area contributed by atoms with Crippen LogP contribution >= 0.6 is 0 Å². The Morgan fingerprint density at radius 1 is 1.47 bits per heavy atom. The molecule has 1 rings (SSSR count). The number of nitrogens with zero attached hydrogens (tertiary/aromatic N) is 3. The number of methoxy groups -OCH3 is 2. The van der Waals surface area contributed by atoms with Gasteiger partial charge in [0.1, 0.15) is 11.5 Å². The Hall–Kier alpha value is -2.40. The molecule has 0 aliphatic carbocycles. The second-order valence-corrected chi connectivity index (χ2v) is 2.89. The second kappa shape index (κ2) is 6.24. The first kappa shape index (κ1) is 12.7. The molecule has 7 heteroatoms. The molecule has 0 saturated carbocycles. The number of benzene rings is 1. The Labute approximate surface area is 97.5 Å². The summed E-state index contributed by atoms with van der Waals surface area (Å²) in [4.78, 5) is 13.5. The zero-order chi connectivity index (χ0) is 12.7. The van der Waals surface area contributed by atoms with E-state index in [0.29, 0.717) is 11.5 Å². The highest BCUT2D eigenvalue weighted by Crippen LogP contribution is 2.31. The number of ether oxygens (including phenoxy) is 3. The zero-order valence-corrected chi connectivity index (χ0v) is 9.41. The van der Waals surface area contributed by atoms with Gasteiger partial charge >= 0.3 is 5.97 Å². The summed E-state index contributed by atoms with van der Waals surface area (Å²) in [5.41, 5.74) is 8.66. The minimum atomic E-state index is -0.494. The molecule has 0 aliphatic rings. The summed E-state index contributed by atoms with van der Waals surface area (Å²) in [6.07, 6.45) is 0. The lowest BCUT2D eigenvalue weighted by Gasteiger charge is -2.08. The first-order valence-corrected chi connectivity index (χ1v) is 4.64. The van der Waals surface area contributed by atoms with Crippen LogP contribution < -0.4 is 9.47 Å². The summed E-state index contributed by atoms with van der Waals surface area (Å²) in [7, 11) is 2.73. The van der Waals surface area contributed by atoms with Gasteiger partial charge in [-0.15, -0.1) is 0 Å². The summed E-state index contributed by atoms with van der Waals surface area (Å²) in [5, 5.41) is 3.44. The van der Waals surface area contributed by atoms with E-state index >= 15 is 0 Å². The number of hydrogen-bond acceptors (Lipinski definition) is 5. The highest BCUT2D eigenvalue weighted by atomic mass is 16.6. The van der Waals surface area contributed by atoms with Gasteiger partial charge in [-0.3, -0.25) is 0 Å². The highest BCUT2D eigenvalue weighted by molar-refractivity contribution is 5.71. The van der Waals surface area contributed by atoms with E-state index in [4.69, 9.17) is 15.0 Å². The molecule has 0 N–H and O–H groups in total. The SMILES string of the molecule is COC(=O)COc1ccc(OC)c(N=[N+]=[N-])c1. The molecule has 0 amide bonds. The van der Waals surface area contributed by atoms with Gasteiger partial charge in [0.05, 0.1) is 19.9 Å². The van der Waals surface area contributed by atoms with Crippen molar-refractivity contribution in [3.63, 3.8) is 0 Å². The number of hydrogen-bond donors (Lipinski definition) is 0. The first-order chi connectivity index (χ1) is 8.21. The van der Waals surface area contributed by atoms with Crippen molar-refractivity contribution in [3.8, 4) is 11.5 Å². The fourth-order valence-electron chi connectivity index (χ4n) is 1.09. The van der Waals surface area contributed by atoms with Gasteiger partial charge < -0.3 is 14.2 Å². The maximum absolute atomic E-state index is 10.9. The first-order valence-electron chi connectivity index (χ1n) is 4.64. The molecular weight excluding hydrogens is 226 g/mol. The molecule has 1 aromatic rings. The third-order valence-electron chi connectivity index (χ3n) is 1.89. The second-order valence-electron chi connectivity index (χ2n) is 2.89. The average molecular weight is 237 g/mol. The standard InChI is InChI=1S/C10H11N3O4/c1-15-9-4-3-7(5-8(9)12-13-11)17-6-10(14)16-2/h3-5H,6H2,1-2H3. The fraction of sp³-hybridized carbons (Fsp3) is 0.300. The van der Waals surface area contributed by atoms with Crippen LogP contribution in [-0.2, 0) is 9.53 Å². The Bertz CT molecular complexity index is 455. The number of carbonyl (C=O) groups is 1. The maximum Gasteiger partial charge on any atom is 0.343 e. The van der Waals surface area contributed by atoms with E-state index in [1.165, 1.54) is 20.3 Å². The third-order valence-corrected chi connectivity index (χ3v) is 1.89. The number of azide groups is 1. The summed E-state index contributed by atoms with van der Waals surface area (Å²) in [6, 6.07) is 4.65. The van der Waals surface area contributed by atoms with Gasteiger partial charge in [0.15, 0.2) is 6.61 Å². The van der Waals surface area contributed by atoms with Crippen molar-refractivity contribution in [1.29, 1.82) is 0 Å². The van der Waals surface area contributed by atoms with E-state index in [0.717, 1.165) is 0 Å². The molecule has 0 spiro atoms. The van der Waals surface area contributed by atoms with Gasteiger partial charge in [-0.2, -0.15) is 0 Å². The summed E-state index contributed by atoms with van der Waals surface area (Å²) in [6.45, 7) is -0.210. The van der Waals surface area contributed by atoms with Crippen LogP contribution in [-0.4, -0.2) is 26.8 Å². The molecule has 0 radical (unpaired) electrons. The fourth-order valence-corrected chi connectivity index (χ4v) is 1.09. The summed E-state index contributed by atoms with van der Waals surface area (Å²) >= 11 is 0. The van der Waals surface area contributed by atoms with Crippen LogP contribution in [0.2, 0.25) is 0 Å². The molecule has 1 aromatic carbocycles. The largest absolute Gasteiger partial charge is 0.496 e. The molecule has 0 unspecified atom stereocenters. The molecule has 90 valence electrons. The van der Waals surface area contributed by atoms with Crippen LogP contribution in [0.3, 0.4) is 0 Å². The number of carbonyl (C=O) groups excluding carboxylic acids is 1. The molecule has 0 bridgehead atoms. The van der Waals surface area contributed by atoms with Crippen LogP contribution in [0, 0.1) is 0 Å². The van der Waals surface area contributed by atoms with E-state index in [9.17, 15) is 4.79 Å². The Morgan fingerprint density at radius 3 is 2.82 bits per heavy atom. The van der Waals surface area contributed by atoms with E-state index in [2.05, 4.69) is 14.8 Å². The average Bonchev–Trinajstić information content (AvgIpc) is 2.36. The lowest BCUT2D eigenvalue weighted by atomic mass is 10.3. The molecule has 0 aromatic heterocycles. The zero-order valence-electron chi connectivity index (χ0n) is 9.41. The minimum absolute atomic E-state index is 0.210. The summed E-state index contributed by atoms with van der Waals surface area (Å²) in [5.74, 6) is 0.318. The molecule has 7 nitrogen and oxygen atoms in total. The monoisotopic (exact) mass is 237 g/mol. The quantitative estimate of drug-likeness (QED) is 0.339. The van der Waals surface area contributed by atoms with Crippen molar-refractivity contribution in [3.05, 3.63) is 28.6 Å². The molecule has 0 heterocycles. The van der Waals surface area contributed by atoms with Crippen LogP contribution in [0.5, 0.6) is 11.5 Å². The van der Waals surface area contributed by atoms with Crippen molar-refractivity contribution in [2.75, 3.05) is 20.8 Å². The van der Waals surface area contributed by atoms with E-state index in [1.807, 2.05) is 0 Å². The topological polar surface area (TPSA) is 93.5 Å². The van der Waals surface area contributed by atoms with Crippen molar-refractivity contribution >= 4 is 11.7 Å². The van der Waals surface area contributed by atoms with Crippen molar-refractivity contribution in [2.24, 2.45) is 5.11 Å². The molecule has 0 aliphatic heterocycles. The molecule has 0 atom stereocenters. The van der Waals surface area contributed by atoms with Crippen molar-refractivity contribution < 1.29 is 19.0 Å². The molecule has 17 heavy (non-hydrogen) atoms. The van der Waals surface area contributed by atoms with Crippen LogP contribution in [0.25, 0.3) is 10.4 Å². The Morgan fingerprint density at radius 2 is 2.24 bits per heavy atom. The number of rotatable bonds is 5. The van der Waals surface area contributed by atoms with Crippen LogP contribution in [0.1, 0.15) is 0 Å². The van der Waals surface area contributed by atoms with Gasteiger partial charge in [0.25, 0.3) is 0 Å². The van der Waals surface area contributed by atoms with Crippen LogP contribution in [0.4, 0.5) is 5.69 Å². The van der Waals surface area contributed by atoms with Crippen LogP contribution in [0.15, 0.2) is 23.3 Å². The minimum Gasteiger partial charge on any atom is -0.496 e. The predicted octanol–water partition coefficient (Wildman–Crippen LogP) is 2.19. The smallest absolute Gasteiger partial charge is 0.343 e. The van der Waals surface area contributed by atoms with E-state index in [1.54, 1.807) is 12.1 Å². The lowest BCUT2D eigenvalue weighted by Crippen LogP contribution is -2.12. The number of esters is 1. The summed E-state index contributed by atoms with van der Waals surface area (Å²) < 4.78 is 14.5. The third kappa shape index (κ3) is 3.58. The van der Waals surface area contributed by atoms with Gasteiger partial charge in [-0.25, -0.2) is 4.79 Å². The van der Waals surface area contributed by atoms with Gasteiger partial charge in [0, 0.05) is 4.91 Å². The lowest BCUT2D eigenvalue weighted by molar-refractivity contribution is -0.142. The predicted molar refractivity (Wildman–Crippen MR) is 59.3 cm³/mol. The van der Waals surface area contributed by atoms with Gasteiger partial charge in [0.2, 0.25) is 0 Å². The maximum atomic E-state index is 10.9. The molecular formula is C10H11N3O4.